The fourth-order valence-electron chi connectivity index (χ4n) is 1.46. The second-order valence-corrected chi connectivity index (χ2v) is 4.79. The molecule has 1 aromatic heterocycles. The van der Waals surface area contributed by atoms with E-state index in [0.29, 0.717) is 5.02 Å². The zero-order chi connectivity index (χ0) is 11.3. The van der Waals surface area contributed by atoms with Crippen LogP contribution >= 0.6 is 23.4 Å². The first-order chi connectivity index (χ1) is 7.20. The van der Waals surface area contributed by atoms with E-state index in [1.807, 2.05) is 6.26 Å². The van der Waals surface area contributed by atoms with Gasteiger partial charge in [-0.15, -0.1) is 0 Å². The first-order valence-electron chi connectivity index (χ1n) is 5.08. The van der Waals surface area contributed by atoms with E-state index in [0.717, 1.165) is 30.8 Å². The average molecular weight is 249 g/mol. The van der Waals surface area contributed by atoms with Crippen molar-refractivity contribution in [2.75, 3.05) is 12.0 Å². The van der Waals surface area contributed by atoms with Crippen molar-refractivity contribution < 1.29 is 5.11 Å². The highest BCUT2D eigenvalue weighted by Gasteiger charge is 2.17. The molecule has 1 rings (SSSR count). The maximum Gasteiger partial charge on any atom is 0.0979 e. The summed E-state index contributed by atoms with van der Waals surface area (Å²) >= 11 is 7.72. The summed E-state index contributed by atoms with van der Waals surface area (Å²) in [6.07, 6.45) is 4.84. The molecule has 0 saturated carbocycles. The van der Waals surface area contributed by atoms with E-state index in [4.69, 9.17) is 11.6 Å². The highest BCUT2D eigenvalue weighted by Crippen LogP contribution is 2.26. The molecule has 1 unspecified atom stereocenters. The van der Waals surface area contributed by atoms with Gasteiger partial charge in [0.1, 0.15) is 0 Å². The van der Waals surface area contributed by atoms with Crippen LogP contribution in [0.25, 0.3) is 0 Å². The Hall–Kier alpha value is -0.190. The molecule has 0 aromatic carbocycles. The molecular weight excluding hydrogens is 232 g/mol. The number of halogens is 1. The van der Waals surface area contributed by atoms with Gasteiger partial charge >= 0.3 is 0 Å². The van der Waals surface area contributed by atoms with Crippen molar-refractivity contribution >= 4 is 23.4 Å². The van der Waals surface area contributed by atoms with Crippen molar-refractivity contribution in [3.05, 3.63) is 16.9 Å². The topological polar surface area (TPSA) is 38.0 Å². The van der Waals surface area contributed by atoms with Gasteiger partial charge in [-0.2, -0.15) is 16.9 Å². The Bertz CT molecular complexity index is 304. The van der Waals surface area contributed by atoms with Crippen molar-refractivity contribution in [2.24, 2.45) is 0 Å². The maximum absolute atomic E-state index is 9.97. The number of hydrogen-bond acceptors (Lipinski definition) is 3. The highest BCUT2D eigenvalue weighted by molar-refractivity contribution is 7.98. The third kappa shape index (κ3) is 3.40. The molecule has 1 N–H and O–H groups in total. The van der Waals surface area contributed by atoms with E-state index in [9.17, 15) is 5.11 Å². The lowest BCUT2D eigenvalue weighted by atomic mass is 10.2. The molecule has 0 fully saturated rings. The third-order valence-electron chi connectivity index (χ3n) is 2.18. The van der Waals surface area contributed by atoms with E-state index in [1.54, 1.807) is 22.6 Å². The quantitative estimate of drug-likeness (QED) is 0.841. The van der Waals surface area contributed by atoms with E-state index in [1.165, 1.54) is 0 Å². The molecular formula is C10H17ClN2OS. The van der Waals surface area contributed by atoms with Gasteiger partial charge in [-0.25, -0.2) is 0 Å². The van der Waals surface area contributed by atoms with Crippen LogP contribution in [0.5, 0.6) is 0 Å². The predicted molar refractivity (Wildman–Crippen MR) is 65.5 cm³/mol. The molecule has 0 aliphatic carbocycles. The Labute approximate surface area is 99.8 Å². The zero-order valence-corrected chi connectivity index (χ0v) is 10.7. The van der Waals surface area contributed by atoms with Crippen LogP contribution in [-0.4, -0.2) is 26.9 Å². The van der Waals surface area contributed by atoms with Crippen LogP contribution in [0.4, 0.5) is 0 Å². The van der Waals surface area contributed by atoms with Gasteiger partial charge in [-0.1, -0.05) is 18.5 Å². The van der Waals surface area contributed by atoms with Crippen molar-refractivity contribution in [1.82, 2.24) is 9.78 Å². The van der Waals surface area contributed by atoms with Gasteiger partial charge in [0.05, 0.1) is 23.0 Å². The Balaban J connectivity index is 2.75. The van der Waals surface area contributed by atoms with Crippen LogP contribution in [-0.2, 0) is 6.54 Å². The summed E-state index contributed by atoms with van der Waals surface area (Å²) < 4.78 is 1.80. The van der Waals surface area contributed by atoms with E-state index in [-0.39, 0.29) is 0 Å². The minimum absolute atomic E-state index is 0.501. The highest BCUT2D eigenvalue weighted by atomic mass is 35.5. The largest absolute Gasteiger partial charge is 0.387 e. The lowest BCUT2D eigenvalue weighted by molar-refractivity contribution is 0.163. The molecule has 1 aromatic rings. The SMILES string of the molecule is CCCn1ncc(Cl)c1C(O)CCSC. The van der Waals surface area contributed by atoms with E-state index < -0.39 is 6.10 Å². The van der Waals surface area contributed by atoms with Crippen LogP contribution < -0.4 is 0 Å². The van der Waals surface area contributed by atoms with Crippen molar-refractivity contribution in [3.8, 4) is 0 Å². The Morgan fingerprint density at radius 3 is 3.00 bits per heavy atom. The zero-order valence-electron chi connectivity index (χ0n) is 9.11. The predicted octanol–water partition coefficient (Wildman–Crippen LogP) is 2.73. The molecule has 0 aliphatic heterocycles. The summed E-state index contributed by atoms with van der Waals surface area (Å²) in [5.74, 6) is 0.925. The van der Waals surface area contributed by atoms with Gasteiger partial charge in [-0.3, -0.25) is 4.68 Å². The van der Waals surface area contributed by atoms with Crippen molar-refractivity contribution in [3.63, 3.8) is 0 Å². The summed E-state index contributed by atoms with van der Waals surface area (Å²) in [4.78, 5) is 0. The Morgan fingerprint density at radius 1 is 1.67 bits per heavy atom. The molecule has 0 radical (unpaired) electrons. The molecule has 5 heteroatoms. The number of aliphatic hydroxyl groups excluding tert-OH is 1. The van der Waals surface area contributed by atoms with Gasteiger partial charge in [0.2, 0.25) is 0 Å². The lowest BCUT2D eigenvalue weighted by Gasteiger charge is -2.12. The molecule has 0 spiro atoms. The first kappa shape index (κ1) is 12.9. The number of thioether (sulfide) groups is 1. The maximum atomic E-state index is 9.97. The standard InChI is InChI=1S/C10H17ClN2OS/c1-3-5-13-10(8(11)7-12-13)9(14)4-6-15-2/h7,9,14H,3-6H2,1-2H3. The smallest absolute Gasteiger partial charge is 0.0979 e. The summed E-state index contributed by atoms with van der Waals surface area (Å²) in [6, 6.07) is 0. The number of hydrogen-bond donors (Lipinski definition) is 1. The van der Waals surface area contributed by atoms with Gasteiger partial charge in [0.25, 0.3) is 0 Å². The Morgan fingerprint density at radius 2 is 2.40 bits per heavy atom. The molecule has 86 valence electrons. The summed E-state index contributed by atoms with van der Waals surface area (Å²) in [7, 11) is 0. The minimum Gasteiger partial charge on any atom is -0.387 e. The van der Waals surface area contributed by atoms with Crippen molar-refractivity contribution in [1.29, 1.82) is 0 Å². The second-order valence-electron chi connectivity index (χ2n) is 3.40. The summed E-state index contributed by atoms with van der Waals surface area (Å²) in [5, 5.41) is 14.7. The molecule has 0 aliphatic rings. The minimum atomic E-state index is -0.501. The number of rotatable bonds is 6. The van der Waals surface area contributed by atoms with E-state index in [2.05, 4.69) is 12.0 Å². The molecule has 0 amide bonds. The fraction of sp³-hybridized carbons (Fsp3) is 0.700. The number of aryl methyl sites for hydroxylation is 1. The number of aromatic nitrogens is 2. The van der Waals surface area contributed by atoms with Crippen molar-refractivity contribution in [2.45, 2.75) is 32.4 Å². The lowest BCUT2D eigenvalue weighted by Crippen LogP contribution is -2.10. The van der Waals surface area contributed by atoms with Gasteiger partial charge in [0.15, 0.2) is 0 Å². The van der Waals surface area contributed by atoms with Crippen LogP contribution in [0.3, 0.4) is 0 Å². The first-order valence-corrected chi connectivity index (χ1v) is 6.86. The monoisotopic (exact) mass is 248 g/mol. The molecule has 15 heavy (non-hydrogen) atoms. The van der Waals surface area contributed by atoms with Crippen LogP contribution in [0.2, 0.25) is 5.02 Å². The Kier molecular flexibility index (Phi) is 5.50. The summed E-state index contributed by atoms with van der Waals surface area (Å²) in [6.45, 7) is 2.88. The molecule has 0 bridgehead atoms. The van der Waals surface area contributed by atoms with Crippen LogP contribution in [0.15, 0.2) is 6.20 Å². The average Bonchev–Trinajstić information content (AvgIpc) is 2.57. The summed E-state index contributed by atoms with van der Waals surface area (Å²) in [5.41, 5.74) is 0.757. The molecule has 3 nitrogen and oxygen atoms in total. The van der Waals surface area contributed by atoms with E-state index >= 15 is 0 Å². The van der Waals surface area contributed by atoms with Gasteiger partial charge in [-0.05, 0) is 24.9 Å². The normalized spacial score (nSPS) is 13.1. The molecule has 1 atom stereocenters. The molecule has 0 saturated heterocycles. The van der Waals surface area contributed by atoms with Gasteiger partial charge < -0.3 is 5.11 Å². The second kappa shape index (κ2) is 6.40. The third-order valence-corrected chi connectivity index (χ3v) is 3.11. The number of aliphatic hydroxyl groups is 1. The number of nitrogens with zero attached hydrogens (tertiary/aromatic N) is 2. The van der Waals surface area contributed by atoms with Crippen LogP contribution in [0, 0.1) is 0 Å². The molecule has 1 heterocycles. The fourth-order valence-corrected chi connectivity index (χ4v) is 2.19. The van der Waals surface area contributed by atoms with Crippen LogP contribution in [0.1, 0.15) is 31.6 Å². The van der Waals surface area contributed by atoms with Gasteiger partial charge in [0, 0.05) is 6.54 Å².